The molecule has 6 heteroatoms. The van der Waals surface area contributed by atoms with Crippen molar-refractivity contribution in [1.82, 2.24) is 14.9 Å². The minimum atomic E-state index is 0.130. The van der Waals surface area contributed by atoms with E-state index in [0.29, 0.717) is 25.2 Å². The number of nitrogens with one attached hydrogen (secondary N) is 1. The van der Waals surface area contributed by atoms with Gasteiger partial charge in [-0.2, -0.15) is 0 Å². The van der Waals surface area contributed by atoms with Gasteiger partial charge in [0.15, 0.2) is 0 Å². The molecule has 0 amide bonds. The highest BCUT2D eigenvalue weighted by atomic mass is 32.1. The monoisotopic (exact) mass is 403 g/mol. The molecule has 2 aliphatic rings. The summed E-state index contributed by atoms with van der Waals surface area (Å²) in [6.07, 6.45) is 12.7. The predicted molar refractivity (Wildman–Crippen MR) is 115 cm³/mol. The highest BCUT2D eigenvalue weighted by Gasteiger charge is 2.27. The van der Waals surface area contributed by atoms with E-state index >= 15 is 0 Å². The lowest BCUT2D eigenvalue weighted by molar-refractivity contribution is 0.0747. The van der Waals surface area contributed by atoms with E-state index in [1.807, 2.05) is 13.8 Å². The lowest BCUT2D eigenvalue weighted by atomic mass is 9.90. The molecular formula is C22H33N3O2S. The molecule has 0 aromatic carbocycles. The van der Waals surface area contributed by atoms with Crippen LogP contribution in [0.3, 0.4) is 0 Å². The van der Waals surface area contributed by atoms with E-state index in [0.717, 1.165) is 35.9 Å². The Balaban J connectivity index is 1.46. The van der Waals surface area contributed by atoms with Gasteiger partial charge in [0.2, 0.25) is 0 Å². The fourth-order valence-electron chi connectivity index (χ4n) is 4.66. The number of rotatable bonds is 7. The Morgan fingerprint density at radius 3 is 2.86 bits per heavy atom. The van der Waals surface area contributed by atoms with E-state index in [2.05, 4.69) is 10.3 Å². The fourth-order valence-corrected chi connectivity index (χ4v) is 5.92. The SMILES string of the molecule is CC(C)OCCCn1cnc2sc3c(c2c1=O)CCC(NC1CCCCC1)C3. The van der Waals surface area contributed by atoms with E-state index in [-0.39, 0.29) is 11.7 Å². The normalized spacial score (nSPS) is 20.8. The van der Waals surface area contributed by atoms with Crippen molar-refractivity contribution >= 4 is 21.6 Å². The summed E-state index contributed by atoms with van der Waals surface area (Å²) < 4.78 is 7.37. The smallest absolute Gasteiger partial charge is 0.262 e. The maximum absolute atomic E-state index is 13.1. The first-order valence-corrected chi connectivity index (χ1v) is 11.8. The van der Waals surface area contributed by atoms with Crippen molar-refractivity contribution in [2.24, 2.45) is 0 Å². The number of hydrogen-bond donors (Lipinski definition) is 1. The second-order valence-corrected chi connectivity index (χ2v) is 9.73. The van der Waals surface area contributed by atoms with Crippen LogP contribution in [0.4, 0.5) is 0 Å². The lowest BCUT2D eigenvalue weighted by Crippen LogP contribution is -2.42. The molecule has 0 saturated heterocycles. The molecule has 0 radical (unpaired) electrons. The van der Waals surface area contributed by atoms with Gasteiger partial charge in [-0.15, -0.1) is 11.3 Å². The third-order valence-electron chi connectivity index (χ3n) is 6.11. The second kappa shape index (κ2) is 9.06. The molecule has 2 heterocycles. The number of aromatic nitrogens is 2. The summed E-state index contributed by atoms with van der Waals surface area (Å²) in [4.78, 5) is 20.0. The number of nitrogens with zero attached hydrogens (tertiary/aromatic N) is 2. The van der Waals surface area contributed by atoms with Crippen LogP contribution < -0.4 is 10.9 Å². The first kappa shape index (κ1) is 20.0. The van der Waals surface area contributed by atoms with E-state index < -0.39 is 0 Å². The standard InChI is InChI=1S/C22H33N3O2S/c1-15(2)27-12-6-11-25-14-23-21-20(22(25)26)18-10-9-17(13-19(18)28-21)24-16-7-4-3-5-8-16/h14-17,24H,3-13H2,1-2H3. The minimum absolute atomic E-state index is 0.130. The molecule has 4 rings (SSSR count). The van der Waals surface area contributed by atoms with Crippen LogP contribution in [0, 0.1) is 0 Å². The Morgan fingerprint density at radius 1 is 1.25 bits per heavy atom. The van der Waals surface area contributed by atoms with Crippen LogP contribution in [0.2, 0.25) is 0 Å². The van der Waals surface area contributed by atoms with Crippen LogP contribution in [0.25, 0.3) is 10.2 Å². The molecule has 2 aliphatic carbocycles. The zero-order valence-corrected chi connectivity index (χ0v) is 18.0. The Labute approximate surface area is 171 Å². The summed E-state index contributed by atoms with van der Waals surface area (Å²) in [6.45, 7) is 5.42. The van der Waals surface area contributed by atoms with Gasteiger partial charge in [0.25, 0.3) is 5.56 Å². The molecular weight excluding hydrogens is 370 g/mol. The van der Waals surface area contributed by atoms with Gasteiger partial charge in [-0.3, -0.25) is 9.36 Å². The van der Waals surface area contributed by atoms with E-state index in [1.165, 1.54) is 42.5 Å². The summed E-state index contributed by atoms with van der Waals surface area (Å²) in [5.74, 6) is 0. The van der Waals surface area contributed by atoms with Gasteiger partial charge in [-0.25, -0.2) is 4.98 Å². The molecule has 2 aromatic heterocycles. The number of aryl methyl sites for hydroxylation is 2. The molecule has 28 heavy (non-hydrogen) atoms. The minimum Gasteiger partial charge on any atom is -0.379 e. The third-order valence-corrected chi connectivity index (χ3v) is 7.27. The first-order valence-electron chi connectivity index (χ1n) is 11.0. The largest absolute Gasteiger partial charge is 0.379 e. The van der Waals surface area contributed by atoms with Crippen molar-refractivity contribution in [2.75, 3.05) is 6.61 Å². The first-order chi connectivity index (χ1) is 13.6. The molecule has 1 N–H and O–H groups in total. The van der Waals surface area contributed by atoms with Gasteiger partial charge in [0.1, 0.15) is 4.83 Å². The topological polar surface area (TPSA) is 56.2 Å². The molecule has 1 unspecified atom stereocenters. The fraction of sp³-hybridized carbons (Fsp3) is 0.727. The number of thiophene rings is 1. The number of ether oxygens (including phenoxy) is 1. The van der Waals surface area contributed by atoms with Crippen molar-refractivity contribution in [3.05, 3.63) is 27.1 Å². The van der Waals surface area contributed by atoms with Gasteiger partial charge in [-0.1, -0.05) is 19.3 Å². The summed E-state index contributed by atoms with van der Waals surface area (Å²) in [7, 11) is 0. The molecule has 0 spiro atoms. The summed E-state index contributed by atoms with van der Waals surface area (Å²) in [6, 6.07) is 1.25. The van der Waals surface area contributed by atoms with Crippen molar-refractivity contribution in [3.63, 3.8) is 0 Å². The van der Waals surface area contributed by atoms with Gasteiger partial charge < -0.3 is 10.1 Å². The molecule has 1 fully saturated rings. The highest BCUT2D eigenvalue weighted by molar-refractivity contribution is 7.18. The van der Waals surface area contributed by atoms with Crippen LogP contribution >= 0.6 is 11.3 Å². The molecule has 1 atom stereocenters. The maximum Gasteiger partial charge on any atom is 0.262 e. The maximum atomic E-state index is 13.1. The van der Waals surface area contributed by atoms with Crippen LogP contribution in [-0.4, -0.2) is 34.3 Å². The van der Waals surface area contributed by atoms with E-state index in [9.17, 15) is 4.79 Å². The summed E-state index contributed by atoms with van der Waals surface area (Å²) >= 11 is 1.73. The van der Waals surface area contributed by atoms with E-state index in [1.54, 1.807) is 22.2 Å². The molecule has 5 nitrogen and oxygen atoms in total. The van der Waals surface area contributed by atoms with Crippen molar-refractivity contribution in [1.29, 1.82) is 0 Å². The van der Waals surface area contributed by atoms with Crippen LogP contribution in [0.1, 0.15) is 69.2 Å². The number of hydrogen-bond acceptors (Lipinski definition) is 5. The van der Waals surface area contributed by atoms with Crippen molar-refractivity contribution in [3.8, 4) is 0 Å². The van der Waals surface area contributed by atoms with Gasteiger partial charge in [-0.05, 0) is 57.9 Å². The molecule has 1 saturated carbocycles. The zero-order chi connectivity index (χ0) is 19.5. The van der Waals surface area contributed by atoms with Crippen LogP contribution in [0.5, 0.6) is 0 Å². The second-order valence-electron chi connectivity index (χ2n) is 8.64. The van der Waals surface area contributed by atoms with Crippen molar-refractivity contribution < 1.29 is 4.74 Å². The van der Waals surface area contributed by atoms with Gasteiger partial charge >= 0.3 is 0 Å². The Hall–Kier alpha value is -1.24. The summed E-state index contributed by atoms with van der Waals surface area (Å²) in [5.41, 5.74) is 1.40. The van der Waals surface area contributed by atoms with E-state index in [4.69, 9.17) is 4.74 Å². The molecule has 0 bridgehead atoms. The average molecular weight is 404 g/mol. The third kappa shape index (κ3) is 4.50. The lowest BCUT2D eigenvalue weighted by Gasteiger charge is -2.30. The average Bonchev–Trinajstić information content (AvgIpc) is 3.06. The Kier molecular flexibility index (Phi) is 6.48. The van der Waals surface area contributed by atoms with Gasteiger partial charge in [0, 0.05) is 30.1 Å². The zero-order valence-electron chi connectivity index (χ0n) is 17.2. The highest BCUT2D eigenvalue weighted by Crippen LogP contribution is 2.34. The quantitative estimate of drug-likeness (QED) is 0.709. The Morgan fingerprint density at radius 2 is 2.07 bits per heavy atom. The Bertz CT molecular complexity index is 851. The summed E-state index contributed by atoms with van der Waals surface area (Å²) in [5, 5.41) is 4.78. The number of fused-ring (bicyclic) bond motifs is 3. The predicted octanol–water partition coefficient (Wildman–Crippen LogP) is 4.05. The molecule has 2 aromatic rings. The van der Waals surface area contributed by atoms with Gasteiger partial charge in [0.05, 0.1) is 17.8 Å². The van der Waals surface area contributed by atoms with Crippen LogP contribution in [0.15, 0.2) is 11.1 Å². The van der Waals surface area contributed by atoms with Crippen LogP contribution in [-0.2, 0) is 24.1 Å². The van der Waals surface area contributed by atoms with Crippen molar-refractivity contribution in [2.45, 2.75) is 96.4 Å². The molecule has 154 valence electrons. The molecule has 0 aliphatic heterocycles.